The molecule has 0 atom stereocenters. The monoisotopic (exact) mass is 225 g/mol. The Bertz CT molecular complexity index is 273. The maximum atomic E-state index is 5.01. The van der Waals surface area contributed by atoms with Gasteiger partial charge in [-0.25, -0.2) is 0 Å². The molecule has 4 heteroatoms. The van der Waals surface area contributed by atoms with E-state index in [2.05, 4.69) is 23.4 Å². The molecule has 0 radical (unpaired) electrons. The van der Waals surface area contributed by atoms with Crippen LogP contribution in [0, 0.1) is 0 Å². The number of hydrogen-bond acceptors (Lipinski definition) is 3. The summed E-state index contributed by atoms with van der Waals surface area (Å²) >= 11 is 0. The average molecular weight is 225 g/mol. The van der Waals surface area contributed by atoms with Gasteiger partial charge in [0.1, 0.15) is 0 Å². The van der Waals surface area contributed by atoms with E-state index in [0.717, 1.165) is 32.7 Å². The molecule has 1 rings (SSSR count). The van der Waals surface area contributed by atoms with Crippen LogP contribution >= 0.6 is 0 Å². The van der Waals surface area contributed by atoms with Crippen LogP contribution in [0.15, 0.2) is 12.3 Å². The molecule has 1 aromatic rings. The summed E-state index contributed by atoms with van der Waals surface area (Å²) in [6, 6.07) is 2.07. The number of rotatable bonds is 9. The highest BCUT2D eigenvalue weighted by Crippen LogP contribution is 1.99. The van der Waals surface area contributed by atoms with Crippen molar-refractivity contribution in [3.8, 4) is 0 Å². The zero-order valence-electron chi connectivity index (χ0n) is 10.4. The standard InChI is InChI=1S/C12H23N3O/c1-3-15-12(7-9-14-15)11-13-8-5-4-6-10-16-2/h7,9,13H,3-6,8,10-11H2,1-2H3. The molecule has 0 saturated heterocycles. The van der Waals surface area contributed by atoms with Crippen LogP contribution in [-0.2, 0) is 17.8 Å². The van der Waals surface area contributed by atoms with Gasteiger partial charge in [0, 0.05) is 33.0 Å². The van der Waals surface area contributed by atoms with Crippen molar-refractivity contribution in [2.45, 2.75) is 39.3 Å². The molecule has 0 amide bonds. The molecule has 0 unspecified atom stereocenters. The third kappa shape index (κ3) is 4.77. The maximum Gasteiger partial charge on any atom is 0.0521 e. The van der Waals surface area contributed by atoms with Crippen LogP contribution < -0.4 is 5.32 Å². The summed E-state index contributed by atoms with van der Waals surface area (Å²) < 4.78 is 7.03. The van der Waals surface area contributed by atoms with Crippen LogP contribution in [0.1, 0.15) is 31.9 Å². The van der Waals surface area contributed by atoms with E-state index < -0.39 is 0 Å². The van der Waals surface area contributed by atoms with E-state index in [1.54, 1.807) is 7.11 Å². The van der Waals surface area contributed by atoms with Gasteiger partial charge < -0.3 is 10.1 Å². The van der Waals surface area contributed by atoms with Gasteiger partial charge in [0.2, 0.25) is 0 Å². The Morgan fingerprint density at radius 1 is 1.38 bits per heavy atom. The lowest BCUT2D eigenvalue weighted by molar-refractivity contribution is 0.192. The molecule has 1 heterocycles. The van der Waals surface area contributed by atoms with Crippen LogP contribution in [0.2, 0.25) is 0 Å². The Morgan fingerprint density at radius 3 is 3.00 bits per heavy atom. The largest absolute Gasteiger partial charge is 0.385 e. The molecule has 0 aliphatic rings. The normalized spacial score (nSPS) is 10.9. The quantitative estimate of drug-likeness (QED) is 0.651. The van der Waals surface area contributed by atoms with E-state index in [-0.39, 0.29) is 0 Å². The van der Waals surface area contributed by atoms with Crippen LogP contribution in [0.25, 0.3) is 0 Å². The summed E-state index contributed by atoms with van der Waals surface area (Å²) in [6.07, 6.45) is 5.46. The first kappa shape index (κ1) is 13.2. The molecule has 4 nitrogen and oxygen atoms in total. The molecule has 0 aliphatic heterocycles. The fourth-order valence-electron chi connectivity index (χ4n) is 1.68. The van der Waals surface area contributed by atoms with Gasteiger partial charge in [0.05, 0.1) is 5.69 Å². The second-order valence-electron chi connectivity index (χ2n) is 3.87. The number of hydrogen-bond donors (Lipinski definition) is 1. The molecule has 1 N–H and O–H groups in total. The van der Waals surface area contributed by atoms with Crippen molar-refractivity contribution in [1.82, 2.24) is 15.1 Å². The highest BCUT2D eigenvalue weighted by Gasteiger charge is 1.98. The highest BCUT2D eigenvalue weighted by atomic mass is 16.5. The number of nitrogens with one attached hydrogen (secondary N) is 1. The second-order valence-corrected chi connectivity index (χ2v) is 3.87. The molecule has 92 valence electrons. The van der Waals surface area contributed by atoms with E-state index in [4.69, 9.17) is 4.74 Å². The first-order valence-corrected chi connectivity index (χ1v) is 6.08. The summed E-state index contributed by atoms with van der Waals surface area (Å²) in [6.45, 7) is 5.92. The van der Waals surface area contributed by atoms with Gasteiger partial charge in [-0.05, 0) is 38.8 Å². The summed E-state index contributed by atoms with van der Waals surface area (Å²) in [4.78, 5) is 0. The lowest BCUT2D eigenvalue weighted by Crippen LogP contribution is -2.17. The average Bonchev–Trinajstić information content (AvgIpc) is 2.75. The lowest BCUT2D eigenvalue weighted by Gasteiger charge is -2.06. The zero-order valence-corrected chi connectivity index (χ0v) is 10.4. The zero-order chi connectivity index (χ0) is 11.6. The fourth-order valence-corrected chi connectivity index (χ4v) is 1.68. The third-order valence-corrected chi connectivity index (χ3v) is 2.61. The van der Waals surface area contributed by atoms with Crippen molar-refractivity contribution in [2.75, 3.05) is 20.3 Å². The summed E-state index contributed by atoms with van der Waals surface area (Å²) in [5, 5.41) is 7.67. The van der Waals surface area contributed by atoms with Crippen LogP contribution in [0.5, 0.6) is 0 Å². The first-order valence-electron chi connectivity index (χ1n) is 6.08. The first-order chi connectivity index (χ1) is 7.88. The predicted octanol–water partition coefficient (Wildman–Crippen LogP) is 1.81. The van der Waals surface area contributed by atoms with E-state index in [1.165, 1.54) is 18.5 Å². The van der Waals surface area contributed by atoms with Crippen molar-refractivity contribution in [3.63, 3.8) is 0 Å². The molecule has 0 spiro atoms. The second kappa shape index (κ2) is 8.30. The van der Waals surface area contributed by atoms with Crippen molar-refractivity contribution in [3.05, 3.63) is 18.0 Å². The van der Waals surface area contributed by atoms with Gasteiger partial charge in [-0.3, -0.25) is 4.68 Å². The van der Waals surface area contributed by atoms with Crippen molar-refractivity contribution < 1.29 is 4.74 Å². The van der Waals surface area contributed by atoms with E-state index in [9.17, 15) is 0 Å². The highest BCUT2D eigenvalue weighted by molar-refractivity contribution is 4.99. The minimum absolute atomic E-state index is 0.878. The molecule has 1 aromatic heterocycles. The Hall–Kier alpha value is -0.870. The fraction of sp³-hybridized carbons (Fsp3) is 0.750. The van der Waals surface area contributed by atoms with Crippen LogP contribution in [0.3, 0.4) is 0 Å². The number of aromatic nitrogens is 2. The molecule has 0 bridgehead atoms. The molecule has 0 aliphatic carbocycles. The Kier molecular flexibility index (Phi) is 6.85. The Morgan fingerprint density at radius 2 is 2.25 bits per heavy atom. The van der Waals surface area contributed by atoms with Gasteiger partial charge in [0.15, 0.2) is 0 Å². The molecule has 0 aromatic carbocycles. The smallest absolute Gasteiger partial charge is 0.0521 e. The van der Waals surface area contributed by atoms with Crippen molar-refractivity contribution in [1.29, 1.82) is 0 Å². The van der Waals surface area contributed by atoms with Gasteiger partial charge in [-0.1, -0.05) is 0 Å². The summed E-state index contributed by atoms with van der Waals surface area (Å²) in [7, 11) is 1.75. The van der Waals surface area contributed by atoms with Crippen molar-refractivity contribution in [2.24, 2.45) is 0 Å². The molecule has 0 saturated carbocycles. The van der Waals surface area contributed by atoms with E-state index in [0.29, 0.717) is 0 Å². The number of ether oxygens (including phenoxy) is 1. The lowest BCUT2D eigenvalue weighted by atomic mass is 10.2. The topological polar surface area (TPSA) is 39.1 Å². The summed E-state index contributed by atoms with van der Waals surface area (Å²) in [5.74, 6) is 0. The van der Waals surface area contributed by atoms with E-state index >= 15 is 0 Å². The maximum absolute atomic E-state index is 5.01. The predicted molar refractivity (Wildman–Crippen MR) is 65.3 cm³/mol. The number of methoxy groups -OCH3 is 1. The molecule has 16 heavy (non-hydrogen) atoms. The van der Waals surface area contributed by atoms with Gasteiger partial charge in [-0.2, -0.15) is 5.10 Å². The van der Waals surface area contributed by atoms with E-state index in [1.807, 2.05) is 10.9 Å². The number of nitrogens with zero attached hydrogens (tertiary/aromatic N) is 2. The van der Waals surface area contributed by atoms with Gasteiger partial charge in [0.25, 0.3) is 0 Å². The third-order valence-electron chi connectivity index (χ3n) is 2.61. The van der Waals surface area contributed by atoms with Crippen molar-refractivity contribution >= 4 is 0 Å². The molecular weight excluding hydrogens is 202 g/mol. The SMILES string of the molecule is CCn1nccc1CNCCCCCOC. The van der Waals surface area contributed by atoms with Crippen LogP contribution in [-0.4, -0.2) is 30.0 Å². The molecule has 0 fully saturated rings. The summed E-state index contributed by atoms with van der Waals surface area (Å²) in [5.41, 5.74) is 1.26. The van der Waals surface area contributed by atoms with Gasteiger partial charge >= 0.3 is 0 Å². The van der Waals surface area contributed by atoms with Gasteiger partial charge in [-0.15, -0.1) is 0 Å². The number of unbranched alkanes of at least 4 members (excludes halogenated alkanes) is 2. The Labute approximate surface area is 98.0 Å². The molecular formula is C12H23N3O. The van der Waals surface area contributed by atoms with Crippen LogP contribution in [0.4, 0.5) is 0 Å². The minimum Gasteiger partial charge on any atom is -0.385 e. The number of aryl methyl sites for hydroxylation is 1. The Balaban J connectivity index is 2.03. The minimum atomic E-state index is 0.878.